The van der Waals surface area contributed by atoms with Gasteiger partial charge in [-0.1, -0.05) is 17.8 Å². The van der Waals surface area contributed by atoms with Crippen LogP contribution < -0.4 is 5.73 Å². The number of hydrogen-bond donors (Lipinski definition) is 2. The fourth-order valence-corrected chi connectivity index (χ4v) is 3.66. The summed E-state index contributed by atoms with van der Waals surface area (Å²) in [4.78, 5) is 8.06. The maximum absolute atomic E-state index is 5.94. The van der Waals surface area contributed by atoms with Crippen LogP contribution in [0.5, 0.6) is 0 Å². The Morgan fingerprint density at radius 3 is 2.83 bits per heavy atom. The molecule has 0 radical (unpaired) electrons. The van der Waals surface area contributed by atoms with Crippen molar-refractivity contribution in [1.29, 1.82) is 0 Å². The Labute approximate surface area is 112 Å². The lowest BCUT2D eigenvalue weighted by molar-refractivity contribution is 0.450. The van der Waals surface area contributed by atoms with Gasteiger partial charge in [0, 0.05) is 11.3 Å². The van der Waals surface area contributed by atoms with Crippen LogP contribution in [0.4, 0.5) is 0 Å². The van der Waals surface area contributed by atoms with E-state index in [4.69, 9.17) is 5.73 Å². The van der Waals surface area contributed by atoms with Crippen molar-refractivity contribution in [3.63, 3.8) is 0 Å². The molecule has 4 heteroatoms. The van der Waals surface area contributed by atoms with Crippen LogP contribution >= 0.6 is 11.8 Å². The van der Waals surface area contributed by atoms with E-state index in [9.17, 15) is 0 Å². The highest BCUT2D eigenvalue weighted by molar-refractivity contribution is 7.99. The van der Waals surface area contributed by atoms with Gasteiger partial charge in [-0.3, -0.25) is 0 Å². The highest BCUT2D eigenvalue weighted by Crippen LogP contribution is 2.32. The van der Waals surface area contributed by atoms with Crippen LogP contribution in [-0.4, -0.2) is 21.3 Å². The predicted octanol–water partition coefficient (Wildman–Crippen LogP) is 3.23. The average Bonchev–Trinajstić information content (AvgIpc) is 2.73. The number of aryl methyl sites for hydroxylation is 1. The van der Waals surface area contributed by atoms with Gasteiger partial charge < -0.3 is 10.7 Å². The van der Waals surface area contributed by atoms with Crippen LogP contribution in [0.2, 0.25) is 0 Å². The van der Waals surface area contributed by atoms with Gasteiger partial charge in [-0.25, -0.2) is 4.98 Å². The molecule has 18 heavy (non-hydrogen) atoms. The second kappa shape index (κ2) is 4.94. The Morgan fingerprint density at radius 2 is 2.06 bits per heavy atom. The number of rotatable bonds is 2. The zero-order valence-electron chi connectivity index (χ0n) is 10.6. The lowest BCUT2D eigenvalue weighted by atomic mass is 9.96. The predicted molar refractivity (Wildman–Crippen MR) is 76.9 cm³/mol. The number of thioether (sulfide) groups is 1. The molecule has 3 N–H and O–H groups in total. The number of H-pyrrole nitrogens is 1. The summed E-state index contributed by atoms with van der Waals surface area (Å²) in [5, 5.41) is 1.72. The van der Waals surface area contributed by atoms with Crippen molar-refractivity contribution in [2.45, 2.75) is 49.1 Å². The molecule has 1 aliphatic carbocycles. The van der Waals surface area contributed by atoms with Gasteiger partial charge in [-0.05, 0) is 50.3 Å². The summed E-state index contributed by atoms with van der Waals surface area (Å²) in [7, 11) is 0. The van der Waals surface area contributed by atoms with Crippen LogP contribution in [0.25, 0.3) is 11.0 Å². The van der Waals surface area contributed by atoms with Crippen molar-refractivity contribution in [2.24, 2.45) is 5.73 Å². The van der Waals surface area contributed by atoms with Gasteiger partial charge in [0.15, 0.2) is 5.16 Å². The van der Waals surface area contributed by atoms with E-state index in [1.54, 1.807) is 0 Å². The largest absolute Gasteiger partial charge is 0.333 e. The molecule has 0 spiro atoms. The third-order valence-corrected chi connectivity index (χ3v) is 4.83. The van der Waals surface area contributed by atoms with Crippen molar-refractivity contribution < 1.29 is 0 Å². The molecular formula is C14H19N3S. The van der Waals surface area contributed by atoms with E-state index in [-0.39, 0.29) is 0 Å². The van der Waals surface area contributed by atoms with E-state index in [0.717, 1.165) is 29.0 Å². The number of hydrogen-bond acceptors (Lipinski definition) is 3. The summed E-state index contributed by atoms with van der Waals surface area (Å²) in [5.41, 5.74) is 9.41. The first kappa shape index (κ1) is 12.1. The van der Waals surface area contributed by atoms with Crippen LogP contribution in [0, 0.1) is 6.92 Å². The van der Waals surface area contributed by atoms with Crippen LogP contribution in [0.15, 0.2) is 23.4 Å². The Morgan fingerprint density at radius 1 is 1.28 bits per heavy atom. The monoisotopic (exact) mass is 261 g/mol. The molecule has 1 fully saturated rings. The van der Waals surface area contributed by atoms with Gasteiger partial charge in [0.1, 0.15) is 0 Å². The van der Waals surface area contributed by atoms with Crippen LogP contribution in [0.3, 0.4) is 0 Å². The molecule has 0 atom stereocenters. The van der Waals surface area contributed by atoms with Crippen molar-refractivity contribution >= 4 is 22.8 Å². The van der Waals surface area contributed by atoms with E-state index in [2.05, 4.69) is 35.1 Å². The van der Waals surface area contributed by atoms with E-state index in [1.165, 1.54) is 18.4 Å². The number of benzene rings is 1. The van der Waals surface area contributed by atoms with Crippen LogP contribution in [0.1, 0.15) is 31.2 Å². The quantitative estimate of drug-likeness (QED) is 0.872. The molecule has 0 aliphatic heterocycles. The Balaban J connectivity index is 1.74. The molecule has 1 aliphatic rings. The molecule has 0 bridgehead atoms. The maximum atomic E-state index is 5.94. The highest BCUT2D eigenvalue weighted by atomic mass is 32.2. The highest BCUT2D eigenvalue weighted by Gasteiger charge is 2.20. The number of nitrogens with one attached hydrogen (secondary N) is 1. The molecule has 1 heterocycles. The molecule has 3 rings (SSSR count). The lowest BCUT2D eigenvalue weighted by Gasteiger charge is -2.24. The molecule has 1 saturated carbocycles. The summed E-state index contributed by atoms with van der Waals surface area (Å²) in [6.07, 6.45) is 4.72. The summed E-state index contributed by atoms with van der Waals surface area (Å²) < 4.78 is 0. The van der Waals surface area contributed by atoms with Gasteiger partial charge in [0.25, 0.3) is 0 Å². The van der Waals surface area contributed by atoms with Gasteiger partial charge in [0.05, 0.1) is 11.0 Å². The summed E-state index contributed by atoms with van der Waals surface area (Å²) in [6.45, 7) is 2.11. The minimum absolute atomic E-state index is 0.417. The average molecular weight is 261 g/mol. The second-order valence-electron chi connectivity index (χ2n) is 5.22. The number of imidazole rings is 1. The van der Waals surface area contributed by atoms with Crippen molar-refractivity contribution in [1.82, 2.24) is 9.97 Å². The fourth-order valence-electron chi connectivity index (χ4n) is 2.52. The van der Waals surface area contributed by atoms with E-state index in [1.807, 2.05) is 11.8 Å². The van der Waals surface area contributed by atoms with Crippen molar-refractivity contribution in [2.75, 3.05) is 0 Å². The Kier molecular flexibility index (Phi) is 3.31. The first-order valence-electron chi connectivity index (χ1n) is 6.59. The minimum atomic E-state index is 0.417. The normalized spacial score (nSPS) is 24.6. The molecule has 0 saturated heterocycles. The second-order valence-corrected chi connectivity index (χ2v) is 6.51. The maximum Gasteiger partial charge on any atom is 0.166 e. The Bertz CT molecular complexity index is 541. The SMILES string of the molecule is Cc1ccc2nc(SC3CCC(N)CC3)[nH]c2c1. The van der Waals surface area contributed by atoms with Crippen LogP contribution in [-0.2, 0) is 0 Å². The summed E-state index contributed by atoms with van der Waals surface area (Å²) in [6, 6.07) is 6.77. The van der Waals surface area contributed by atoms with Gasteiger partial charge >= 0.3 is 0 Å². The third kappa shape index (κ3) is 2.54. The smallest absolute Gasteiger partial charge is 0.166 e. The molecule has 0 unspecified atom stereocenters. The molecule has 1 aromatic heterocycles. The van der Waals surface area contributed by atoms with Gasteiger partial charge in [-0.15, -0.1) is 0 Å². The summed E-state index contributed by atoms with van der Waals surface area (Å²) in [5.74, 6) is 0. The van der Waals surface area contributed by atoms with Gasteiger partial charge in [-0.2, -0.15) is 0 Å². The molecule has 0 amide bonds. The zero-order chi connectivity index (χ0) is 12.5. The van der Waals surface area contributed by atoms with E-state index in [0.29, 0.717) is 11.3 Å². The van der Waals surface area contributed by atoms with Gasteiger partial charge in [0.2, 0.25) is 0 Å². The molecular weight excluding hydrogens is 242 g/mol. The minimum Gasteiger partial charge on any atom is -0.333 e. The Hall–Kier alpha value is -1.00. The van der Waals surface area contributed by atoms with Crippen molar-refractivity contribution in [3.8, 4) is 0 Å². The van der Waals surface area contributed by atoms with Crippen molar-refractivity contribution in [3.05, 3.63) is 23.8 Å². The molecule has 2 aromatic rings. The molecule has 96 valence electrons. The van der Waals surface area contributed by atoms with E-state index < -0.39 is 0 Å². The fraction of sp³-hybridized carbons (Fsp3) is 0.500. The first-order valence-corrected chi connectivity index (χ1v) is 7.47. The number of aromatic nitrogens is 2. The van der Waals surface area contributed by atoms with E-state index >= 15 is 0 Å². The zero-order valence-corrected chi connectivity index (χ0v) is 11.5. The number of nitrogens with two attached hydrogens (primary N) is 1. The number of aromatic amines is 1. The standard InChI is InChI=1S/C14H19N3S/c1-9-2-7-12-13(8-9)17-14(16-12)18-11-5-3-10(15)4-6-11/h2,7-8,10-11H,3-6,15H2,1H3,(H,16,17). The molecule has 3 nitrogen and oxygen atoms in total. The topological polar surface area (TPSA) is 54.7 Å². The number of fused-ring (bicyclic) bond motifs is 1. The molecule has 1 aromatic carbocycles. The third-order valence-electron chi connectivity index (χ3n) is 3.61. The lowest BCUT2D eigenvalue weighted by Crippen LogP contribution is -2.27. The number of nitrogens with zero attached hydrogens (tertiary/aromatic N) is 1. The first-order chi connectivity index (χ1) is 8.70. The summed E-state index contributed by atoms with van der Waals surface area (Å²) >= 11 is 1.88.